The maximum Gasteiger partial charge on any atom is 0.245 e. The molecule has 0 saturated carbocycles. The first-order valence-electron chi connectivity index (χ1n) is 19.0. The van der Waals surface area contributed by atoms with Crippen molar-refractivity contribution in [2.24, 2.45) is 17.8 Å². The largest absolute Gasteiger partial charge is 0.379 e. The van der Waals surface area contributed by atoms with Gasteiger partial charge in [0.25, 0.3) is 0 Å². The Balaban J connectivity index is 2.25. The van der Waals surface area contributed by atoms with Crippen molar-refractivity contribution in [1.29, 1.82) is 0 Å². The first kappa shape index (κ1) is 44.5. The molecule has 3 N–H and O–H groups in total. The molecule has 1 fully saturated rings. The second-order valence-corrected chi connectivity index (χ2v) is 18.0. The zero-order valence-corrected chi connectivity index (χ0v) is 34.4. The summed E-state index contributed by atoms with van der Waals surface area (Å²) < 4.78 is 5.96. The van der Waals surface area contributed by atoms with Crippen molar-refractivity contribution in [2.45, 2.75) is 141 Å². The lowest BCUT2D eigenvalue weighted by Crippen LogP contribution is -2.59. The van der Waals surface area contributed by atoms with Crippen LogP contribution in [-0.4, -0.2) is 108 Å². The Morgan fingerprint density at radius 1 is 1.00 bits per heavy atom. The molecule has 1 aromatic rings. The molecule has 0 aliphatic carbocycles. The second kappa shape index (κ2) is 21.2. The van der Waals surface area contributed by atoms with Gasteiger partial charge in [-0.25, -0.2) is 0 Å². The van der Waals surface area contributed by atoms with Crippen molar-refractivity contribution in [3.05, 3.63) is 35.9 Å². The topological polar surface area (TPSA) is 120 Å². The highest BCUT2D eigenvalue weighted by Crippen LogP contribution is 2.37. The highest BCUT2D eigenvalue weighted by molar-refractivity contribution is 8.01. The van der Waals surface area contributed by atoms with Gasteiger partial charge < -0.3 is 30.5 Å². The minimum atomic E-state index is -0.728. The molecule has 0 bridgehead atoms. The van der Waals surface area contributed by atoms with E-state index in [9.17, 15) is 19.2 Å². The maximum absolute atomic E-state index is 14.2. The van der Waals surface area contributed by atoms with Crippen LogP contribution in [0.5, 0.6) is 0 Å². The molecule has 1 heterocycles. The number of benzene rings is 1. The standard InChI is InChI=1S/C40H69N5O5S/c1-13-28(6)37(44(11)39(49)36(27(4)5)43-38(48)35(41-10)26(2)3)31(50-12)24-34(47)45-23-17-20-30(45)32(51-40(7,8)9)25-33(46)42-22-21-29-18-15-14-16-19-29/h14-16,18-19,26-28,30-32,35-37,41H,13,17,20-25H2,1-12H3,(H,42,46)(H,43,48). The summed E-state index contributed by atoms with van der Waals surface area (Å²) in [5, 5.41) is 9.13. The number of ether oxygens (including phenoxy) is 1. The summed E-state index contributed by atoms with van der Waals surface area (Å²) in [7, 11) is 5.12. The second-order valence-electron chi connectivity index (χ2n) is 15.9. The van der Waals surface area contributed by atoms with Gasteiger partial charge in [-0.2, -0.15) is 0 Å². The molecule has 1 aliphatic rings. The maximum atomic E-state index is 14.2. The van der Waals surface area contributed by atoms with E-state index in [2.05, 4.69) is 62.7 Å². The van der Waals surface area contributed by atoms with E-state index < -0.39 is 24.2 Å². The van der Waals surface area contributed by atoms with Crippen LogP contribution in [-0.2, 0) is 30.3 Å². The van der Waals surface area contributed by atoms with Crippen LogP contribution in [0.4, 0.5) is 0 Å². The fourth-order valence-electron chi connectivity index (χ4n) is 7.21. The highest BCUT2D eigenvalue weighted by Gasteiger charge is 2.42. The Hall–Kier alpha value is -2.63. The number of carbonyl (C=O) groups excluding carboxylic acids is 4. The summed E-state index contributed by atoms with van der Waals surface area (Å²) in [5.41, 5.74) is 1.18. The number of rotatable bonds is 20. The van der Waals surface area contributed by atoms with Crippen LogP contribution < -0.4 is 16.0 Å². The summed E-state index contributed by atoms with van der Waals surface area (Å²) >= 11 is 1.76. The molecule has 11 heteroatoms. The van der Waals surface area contributed by atoms with E-state index in [-0.39, 0.29) is 63.8 Å². The lowest BCUT2D eigenvalue weighted by atomic mass is 9.89. The van der Waals surface area contributed by atoms with E-state index in [0.29, 0.717) is 19.5 Å². The quantitative estimate of drug-likeness (QED) is 0.167. The van der Waals surface area contributed by atoms with Crippen LogP contribution in [0.3, 0.4) is 0 Å². The van der Waals surface area contributed by atoms with Crippen molar-refractivity contribution in [1.82, 2.24) is 25.8 Å². The summed E-state index contributed by atoms with van der Waals surface area (Å²) in [5.74, 6) is -0.497. The molecular formula is C40H69N5O5S. The summed E-state index contributed by atoms with van der Waals surface area (Å²) in [6.45, 7) is 19.6. The molecule has 4 amide bonds. The molecule has 10 nitrogen and oxygen atoms in total. The molecule has 2 rings (SSSR count). The van der Waals surface area contributed by atoms with Gasteiger partial charge in [-0.3, -0.25) is 19.2 Å². The van der Waals surface area contributed by atoms with E-state index in [0.717, 1.165) is 25.7 Å². The van der Waals surface area contributed by atoms with Gasteiger partial charge in [0.15, 0.2) is 0 Å². The lowest BCUT2D eigenvalue weighted by Gasteiger charge is -2.41. The van der Waals surface area contributed by atoms with Crippen LogP contribution in [0, 0.1) is 17.8 Å². The summed E-state index contributed by atoms with van der Waals surface area (Å²) in [6, 6.07) is 8.49. The Bertz CT molecular complexity index is 1240. The number of hydrogen-bond acceptors (Lipinski definition) is 7. The van der Waals surface area contributed by atoms with Crippen LogP contribution in [0.2, 0.25) is 0 Å². The Morgan fingerprint density at radius 3 is 2.16 bits per heavy atom. The molecule has 1 aliphatic heterocycles. The summed E-state index contributed by atoms with van der Waals surface area (Å²) in [6.07, 6.45) is 3.15. The van der Waals surface area contributed by atoms with Crippen molar-refractivity contribution in [3.63, 3.8) is 0 Å². The van der Waals surface area contributed by atoms with Crippen LogP contribution >= 0.6 is 11.8 Å². The number of methoxy groups -OCH3 is 1. The number of likely N-dealkylation sites (N-methyl/N-ethyl adjacent to an activating group) is 2. The van der Waals surface area contributed by atoms with Gasteiger partial charge in [0.2, 0.25) is 23.6 Å². The molecular weight excluding hydrogens is 663 g/mol. The van der Waals surface area contributed by atoms with Gasteiger partial charge in [0, 0.05) is 49.7 Å². The first-order chi connectivity index (χ1) is 23.9. The molecule has 0 aromatic heterocycles. The minimum absolute atomic E-state index is 0.0000457. The average Bonchev–Trinajstić information content (AvgIpc) is 3.56. The molecule has 1 saturated heterocycles. The SMILES string of the molecule is CCC(C)C(C(CC(=O)N1CCCC1C(CC(=O)NCCc1ccccc1)SC(C)(C)C)OC)N(C)C(=O)C(NC(=O)C(NC)C(C)C)C(C)C. The van der Waals surface area contributed by atoms with Gasteiger partial charge in [-0.05, 0) is 49.6 Å². The molecule has 0 radical (unpaired) electrons. The van der Waals surface area contributed by atoms with Crippen molar-refractivity contribution in [2.75, 3.05) is 34.3 Å². The van der Waals surface area contributed by atoms with Crippen LogP contribution in [0.1, 0.15) is 100.0 Å². The summed E-state index contributed by atoms with van der Waals surface area (Å²) in [4.78, 5) is 58.5. The highest BCUT2D eigenvalue weighted by atomic mass is 32.2. The van der Waals surface area contributed by atoms with Gasteiger partial charge in [-0.1, -0.05) is 99.1 Å². The van der Waals surface area contributed by atoms with Crippen LogP contribution in [0.15, 0.2) is 30.3 Å². The van der Waals surface area contributed by atoms with E-state index in [1.807, 2.05) is 50.8 Å². The number of thioether (sulfide) groups is 1. The van der Waals surface area contributed by atoms with E-state index in [4.69, 9.17) is 4.74 Å². The van der Waals surface area contributed by atoms with E-state index in [1.54, 1.807) is 37.9 Å². The van der Waals surface area contributed by atoms with Gasteiger partial charge >= 0.3 is 0 Å². The van der Waals surface area contributed by atoms with E-state index in [1.165, 1.54) is 5.56 Å². The fraction of sp³-hybridized carbons (Fsp3) is 0.750. The van der Waals surface area contributed by atoms with Crippen LogP contribution in [0.25, 0.3) is 0 Å². The first-order valence-corrected chi connectivity index (χ1v) is 19.9. The molecule has 51 heavy (non-hydrogen) atoms. The monoisotopic (exact) mass is 732 g/mol. The zero-order chi connectivity index (χ0) is 38.5. The smallest absolute Gasteiger partial charge is 0.245 e. The number of carbonyl (C=O) groups is 4. The predicted molar refractivity (Wildman–Crippen MR) is 210 cm³/mol. The molecule has 7 atom stereocenters. The Morgan fingerprint density at radius 2 is 1.63 bits per heavy atom. The number of nitrogens with one attached hydrogen (secondary N) is 3. The Labute approximate surface area is 313 Å². The fourth-order valence-corrected chi connectivity index (χ4v) is 8.79. The molecule has 1 aromatic carbocycles. The third-order valence-corrected chi connectivity index (χ3v) is 11.6. The number of amides is 4. The normalized spacial score (nSPS) is 18.5. The molecule has 7 unspecified atom stereocenters. The molecule has 290 valence electrons. The lowest BCUT2D eigenvalue weighted by molar-refractivity contribution is -0.146. The predicted octanol–water partition coefficient (Wildman–Crippen LogP) is 5.29. The van der Waals surface area contributed by atoms with Crippen molar-refractivity contribution >= 4 is 35.4 Å². The van der Waals surface area contributed by atoms with E-state index >= 15 is 0 Å². The third kappa shape index (κ3) is 13.7. The minimum Gasteiger partial charge on any atom is -0.379 e. The number of likely N-dealkylation sites (tertiary alicyclic amines) is 1. The zero-order valence-electron chi connectivity index (χ0n) is 33.6. The number of nitrogens with zero attached hydrogens (tertiary/aromatic N) is 2. The molecule has 0 spiro atoms. The van der Waals surface area contributed by atoms with Gasteiger partial charge in [-0.15, -0.1) is 11.8 Å². The Kier molecular flexibility index (Phi) is 18.5. The average molecular weight is 732 g/mol. The van der Waals surface area contributed by atoms with Crippen molar-refractivity contribution in [3.8, 4) is 0 Å². The number of hydrogen-bond donors (Lipinski definition) is 3. The third-order valence-electron chi connectivity index (χ3n) is 10.1. The van der Waals surface area contributed by atoms with Crippen molar-refractivity contribution < 1.29 is 23.9 Å². The van der Waals surface area contributed by atoms with Gasteiger partial charge in [0.05, 0.1) is 24.6 Å². The van der Waals surface area contributed by atoms with Gasteiger partial charge in [0.1, 0.15) is 6.04 Å².